The van der Waals surface area contributed by atoms with Gasteiger partial charge in [-0.25, -0.2) is 0 Å². The summed E-state index contributed by atoms with van der Waals surface area (Å²) in [4.78, 5) is 4.37. The van der Waals surface area contributed by atoms with Crippen LogP contribution in [0.1, 0.15) is 25.3 Å². The van der Waals surface area contributed by atoms with E-state index in [-0.39, 0.29) is 0 Å². The molecule has 0 amide bonds. The number of rotatable bonds is 4. The zero-order valence-electron chi connectivity index (χ0n) is 10.7. The Morgan fingerprint density at radius 3 is 2.83 bits per heavy atom. The smallest absolute Gasteiger partial charge is 0.240 e. The van der Waals surface area contributed by atoms with Crippen molar-refractivity contribution in [3.63, 3.8) is 0 Å². The second-order valence-corrected chi connectivity index (χ2v) is 5.38. The molecule has 1 N–H and O–H groups in total. The number of nitrogens with one attached hydrogen (secondary N) is 1. The molecule has 0 unspecified atom stereocenters. The highest BCUT2D eigenvalue weighted by atomic mass is 79.9. The van der Waals surface area contributed by atoms with Gasteiger partial charge in [-0.05, 0) is 24.6 Å². The summed E-state index contributed by atoms with van der Waals surface area (Å²) in [5, 5.41) is 7.24. The van der Waals surface area contributed by atoms with Crippen molar-refractivity contribution in [2.45, 2.75) is 33.4 Å². The second-order valence-electron chi connectivity index (χ2n) is 4.53. The normalized spacial score (nSPS) is 11.2. The van der Waals surface area contributed by atoms with E-state index < -0.39 is 0 Å². The summed E-state index contributed by atoms with van der Waals surface area (Å²) in [6.07, 6.45) is 0. The van der Waals surface area contributed by atoms with Gasteiger partial charge in [-0.2, -0.15) is 4.98 Å². The summed E-state index contributed by atoms with van der Waals surface area (Å²) < 4.78 is 6.19. The molecule has 2 rings (SSSR count). The summed E-state index contributed by atoms with van der Waals surface area (Å²) in [6, 6.07) is 6.45. The number of benzene rings is 1. The lowest BCUT2D eigenvalue weighted by Crippen LogP contribution is -2.21. The van der Waals surface area contributed by atoms with Crippen LogP contribution in [0.4, 0.5) is 0 Å². The molecule has 0 atom stereocenters. The minimum atomic E-state index is 0.395. The molecule has 96 valence electrons. The van der Waals surface area contributed by atoms with Crippen molar-refractivity contribution in [3.8, 4) is 11.4 Å². The Morgan fingerprint density at radius 1 is 1.39 bits per heavy atom. The number of aryl methyl sites for hydroxylation is 1. The first kappa shape index (κ1) is 13.2. The predicted octanol–water partition coefficient (Wildman–Crippen LogP) is 3.31. The first-order valence-corrected chi connectivity index (χ1v) is 6.68. The summed E-state index contributed by atoms with van der Waals surface area (Å²) in [6.45, 7) is 6.79. The maximum atomic E-state index is 5.21. The van der Waals surface area contributed by atoms with Crippen LogP contribution in [0.25, 0.3) is 11.4 Å². The maximum absolute atomic E-state index is 5.21. The van der Waals surface area contributed by atoms with E-state index in [9.17, 15) is 0 Å². The fourth-order valence-corrected chi connectivity index (χ4v) is 2.20. The van der Waals surface area contributed by atoms with Gasteiger partial charge >= 0.3 is 0 Å². The minimum Gasteiger partial charge on any atom is -0.338 e. The van der Waals surface area contributed by atoms with Crippen LogP contribution in [0.15, 0.2) is 27.2 Å². The third-order valence-corrected chi connectivity index (χ3v) is 3.15. The van der Waals surface area contributed by atoms with Gasteiger partial charge in [-0.15, -0.1) is 0 Å². The van der Waals surface area contributed by atoms with E-state index in [0.717, 1.165) is 10.0 Å². The molecule has 1 aromatic heterocycles. The van der Waals surface area contributed by atoms with Gasteiger partial charge in [0, 0.05) is 16.1 Å². The van der Waals surface area contributed by atoms with E-state index in [1.165, 1.54) is 5.56 Å². The molecule has 1 heterocycles. The Labute approximate surface area is 115 Å². The molecule has 0 bridgehead atoms. The number of hydrogen-bond acceptors (Lipinski definition) is 4. The monoisotopic (exact) mass is 309 g/mol. The third kappa shape index (κ3) is 3.17. The Hall–Kier alpha value is -1.20. The molecule has 0 saturated heterocycles. The van der Waals surface area contributed by atoms with Crippen molar-refractivity contribution in [2.24, 2.45) is 0 Å². The maximum Gasteiger partial charge on any atom is 0.240 e. The Balaban J connectivity index is 2.18. The molecule has 0 radical (unpaired) electrons. The Kier molecular flexibility index (Phi) is 4.14. The van der Waals surface area contributed by atoms with Gasteiger partial charge < -0.3 is 9.84 Å². The van der Waals surface area contributed by atoms with E-state index in [1.54, 1.807) is 0 Å². The molecule has 2 aromatic rings. The number of hydrogen-bond donors (Lipinski definition) is 1. The predicted molar refractivity (Wildman–Crippen MR) is 74.1 cm³/mol. The van der Waals surface area contributed by atoms with Crippen molar-refractivity contribution in [2.75, 3.05) is 0 Å². The fourth-order valence-electron chi connectivity index (χ4n) is 1.53. The molecule has 0 spiro atoms. The highest BCUT2D eigenvalue weighted by Gasteiger charge is 2.11. The summed E-state index contributed by atoms with van der Waals surface area (Å²) in [7, 11) is 0. The van der Waals surface area contributed by atoms with Crippen LogP contribution in [0.2, 0.25) is 0 Å². The topological polar surface area (TPSA) is 51.0 Å². The molecule has 0 aliphatic carbocycles. The number of aromatic nitrogens is 2. The quantitative estimate of drug-likeness (QED) is 0.941. The molecule has 0 fully saturated rings. The van der Waals surface area contributed by atoms with Gasteiger partial charge in [0.25, 0.3) is 0 Å². The van der Waals surface area contributed by atoms with Crippen LogP contribution in [-0.4, -0.2) is 16.2 Å². The molecular formula is C13H16BrN3O. The lowest BCUT2D eigenvalue weighted by molar-refractivity contribution is 0.362. The van der Waals surface area contributed by atoms with Crippen LogP contribution in [0.3, 0.4) is 0 Å². The van der Waals surface area contributed by atoms with E-state index in [0.29, 0.717) is 24.3 Å². The molecule has 0 aliphatic rings. The molecular weight excluding hydrogens is 294 g/mol. The molecule has 18 heavy (non-hydrogen) atoms. The average Bonchev–Trinajstić information content (AvgIpc) is 2.75. The molecule has 4 nitrogen and oxygen atoms in total. The second kappa shape index (κ2) is 5.63. The van der Waals surface area contributed by atoms with Crippen LogP contribution >= 0.6 is 15.9 Å². The summed E-state index contributed by atoms with van der Waals surface area (Å²) in [5.74, 6) is 1.22. The number of halogens is 1. The zero-order valence-corrected chi connectivity index (χ0v) is 12.3. The van der Waals surface area contributed by atoms with Gasteiger partial charge in [-0.3, -0.25) is 0 Å². The fraction of sp³-hybridized carbons (Fsp3) is 0.385. The zero-order chi connectivity index (χ0) is 13.1. The lowest BCUT2D eigenvalue weighted by Gasteiger charge is -2.03. The van der Waals surface area contributed by atoms with Gasteiger partial charge in [0.1, 0.15) is 0 Å². The Bertz CT molecular complexity index is 537. The van der Waals surface area contributed by atoms with E-state index in [2.05, 4.69) is 45.2 Å². The van der Waals surface area contributed by atoms with Crippen molar-refractivity contribution in [1.29, 1.82) is 0 Å². The standard InChI is InChI=1S/C13H16BrN3O/c1-8(2)15-7-12-16-13(17-18-12)10-5-4-9(3)6-11(10)14/h4-6,8,15H,7H2,1-3H3. The van der Waals surface area contributed by atoms with Crippen molar-refractivity contribution in [1.82, 2.24) is 15.5 Å². The average molecular weight is 310 g/mol. The van der Waals surface area contributed by atoms with Gasteiger partial charge in [0.2, 0.25) is 11.7 Å². The molecule has 0 aliphatic heterocycles. The summed E-state index contributed by atoms with van der Waals surface area (Å²) >= 11 is 3.52. The third-order valence-electron chi connectivity index (χ3n) is 2.50. The van der Waals surface area contributed by atoms with E-state index in [4.69, 9.17) is 4.52 Å². The highest BCUT2D eigenvalue weighted by Crippen LogP contribution is 2.26. The van der Waals surface area contributed by atoms with Gasteiger partial charge in [-0.1, -0.05) is 41.0 Å². The SMILES string of the molecule is Cc1ccc(-c2noc(CNC(C)C)n2)c(Br)c1. The van der Waals surface area contributed by atoms with Crippen molar-refractivity contribution in [3.05, 3.63) is 34.1 Å². The lowest BCUT2D eigenvalue weighted by atomic mass is 10.1. The molecule has 1 aromatic carbocycles. The highest BCUT2D eigenvalue weighted by molar-refractivity contribution is 9.10. The largest absolute Gasteiger partial charge is 0.338 e. The van der Waals surface area contributed by atoms with E-state index in [1.807, 2.05) is 25.1 Å². The molecule has 5 heteroatoms. The van der Waals surface area contributed by atoms with Crippen LogP contribution in [0.5, 0.6) is 0 Å². The number of nitrogens with zero attached hydrogens (tertiary/aromatic N) is 2. The first-order chi connectivity index (χ1) is 8.56. The summed E-state index contributed by atoms with van der Waals surface area (Å²) in [5.41, 5.74) is 2.14. The first-order valence-electron chi connectivity index (χ1n) is 5.89. The van der Waals surface area contributed by atoms with Crippen molar-refractivity contribution < 1.29 is 4.52 Å². The van der Waals surface area contributed by atoms with Gasteiger partial charge in [0.05, 0.1) is 6.54 Å². The van der Waals surface area contributed by atoms with Crippen LogP contribution < -0.4 is 5.32 Å². The van der Waals surface area contributed by atoms with Gasteiger partial charge in [0.15, 0.2) is 0 Å². The van der Waals surface area contributed by atoms with Crippen LogP contribution in [0, 0.1) is 6.92 Å². The van der Waals surface area contributed by atoms with E-state index >= 15 is 0 Å². The minimum absolute atomic E-state index is 0.395. The van der Waals surface area contributed by atoms with Crippen molar-refractivity contribution >= 4 is 15.9 Å². The van der Waals surface area contributed by atoms with Crippen LogP contribution in [-0.2, 0) is 6.54 Å². The Morgan fingerprint density at radius 2 is 2.17 bits per heavy atom. The molecule has 0 saturated carbocycles.